The van der Waals surface area contributed by atoms with E-state index in [1.54, 1.807) is 6.92 Å². The minimum atomic E-state index is 0.151. The number of ether oxygens (including phenoxy) is 1. The Morgan fingerprint density at radius 2 is 2.27 bits per heavy atom. The summed E-state index contributed by atoms with van der Waals surface area (Å²) >= 11 is 0. The first-order valence-corrected chi connectivity index (χ1v) is 5.42. The summed E-state index contributed by atoms with van der Waals surface area (Å²) in [6, 6.07) is 0.159. The first-order chi connectivity index (χ1) is 7.25. The molecule has 0 radical (unpaired) electrons. The minimum absolute atomic E-state index is 0.151. The SMILES string of the molecule is Cc1nc(COC2CCCCC2N)no1. The highest BCUT2D eigenvalue weighted by atomic mass is 16.5. The number of hydrogen-bond acceptors (Lipinski definition) is 5. The number of aryl methyl sites for hydroxylation is 1. The van der Waals surface area contributed by atoms with Crippen molar-refractivity contribution in [1.29, 1.82) is 0 Å². The monoisotopic (exact) mass is 211 g/mol. The van der Waals surface area contributed by atoms with Gasteiger partial charge in [0, 0.05) is 13.0 Å². The molecule has 0 bridgehead atoms. The van der Waals surface area contributed by atoms with Crippen LogP contribution in [0.1, 0.15) is 37.4 Å². The third-order valence-corrected chi connectivity index (χ3v) is 2.75. The van der Waals surface area contributed by atoms with Crippen molar-refractivity contribution in [3.63, 3.8) is 0 Å². The van der Waals surface area contributed by atoms with E-state index in [-0.39, 0.29) is 12.1 Å². The number of aromatic nitrogens is 2. The van der Waals surface area contributed by atoms with Crippen LogP contribution >= 0.6 is 0 Å². The van der Waals surface area contributed by atoms with Crippen molar-refractivity contribution < 1.29 is 9.26 Å². The molecule has 15 heavy (non-hydrogen) atoms. The number of rotatable bonds is 3. The average molecular weight is 211 g/mol. The molecule has 1 fully saturated rings. The van der Waals surface area contributed by atoms with Gasteiger partial charge in [0.15, 0.2) is 5.82 Å². The fourth-order valence-corrected chi connectivity index (χ4v) is 1.91. The van der Waals surface area contributed by atoms with Crippen molar-refractivity contribution in [2.75, 3.05) is 0 Å². The Labute approximate surface area is 89.0 Å². The normalized spacial score (nSPS) is 26.8. The average Bonchev–Trinajstić information content (AvgIpc) is 2.63. The van der Waals surface area contributed by atoms with Crippen LogP contribution in [-0.4, -0.2) is 22.3 Å². The summed E-state index contributed by atoms with van der Waals surface area (Å²) in [5.41, 5.74) is 5.96. The highest BCUT2D eigenvalue weighted by Crippen LogP contribution is 2.20. The molecule has 84 valence electrons. The van der Waals surface area contributed by atoms with Crippen LogP contribution in [0.2, 0.25) is 0 Å². The summed E-state index contributed by atoms with van der Waals surface area (Å²) in [5, 5.41) is 3.77. The first-order valence-electron chi connectivity index (χ1n) is 5.42. The number of nitrogens with zero attached hydrogens (tertiary/aromatic N) is 2. The lowest BCUT2D eigenvalue weighted by Gasteiger charge is -2.27. The van der Waals surface area contributed by atoms with Crippen molar-refractivity contribution in [2.24, 2.45) is 5.73 Å². The van der Waals surface area contributed by atoms with Gasteiger partial charge in [-0.05, 0) is 12.8 Å². The highest BCUT2D eigenvalue weighted by molar-refractivity contribution is 4.83. The topological polar surface area (TPSA) is 74.2 Å². The second kappa shape index (κ2) is 4.72. The number of nitrogens with two attached hydrogens (primary N) is 1. The van der Waals surface area contributed by atoms with E-state index < -0.39 is 0 Å². The van der Waals surface area contributed by atoms with Crippen LogP contribution in [0, 0.1) is 6.92 Å². The van der Waals surface area contributed by atoms with E-state index in [4.69, 9.17) is 15.0 Å². The van der Waals surface area contributed by atoms with Crippen LogP contribution in [0.3, 0.4) is 0 Å². The van der Waals surface area contributed by atoms with Crippen LogP contribution in [0.15, 0.2) is 4.52 Å². The molecule has 5 heteroatoms. The third-order valence-electron chi connectivity index (χ3n) is 2.75. The van der Waals surface area contributed by atoms with Crippen LogP contribution in [0.4, 0.5) is 0 Å². The largest absolute Gasteiger partial charge is 0.368 e. The molecule has 1 heterocycles. The van der Waals surface area contributed by atoms with Gasteiger partial charge in [-0.2, -0.15) is 4.98 Å². The Balaban J connectivity index is 1.81. The quantitative estimate of drug-likeness (QED) is 0.812. The minimum Gasteiger partial charge on any atom is -0.368 e. The molecule has 0 spiro atoms. The van der Waals surface area contributed by atoms with E-state index in [2.05, 4.69) is 10.1 Å². The van der Waals surface area contributed by atoms with Crippen LogP contribution in [0.5, 0.6) is 0 Å². The van der Waals surface area contributed by atoms with Gasteiger partial charge in [-0.25, -0.2) is 0 Å². The Kier molecular flexibility index (Phi) is 3.33. The molecule has 2 unspecified atom stereocenters. The Morgan fingerprint density at radius 1 is 1.47 bits per heavy atom. The van der Waals surface area contributed by atoms with Crippen LogP contribution in [-0.2, 0) is 11.3 Å². The zero-order valence-electron chi connectivity index (χ0n) is 8.98. The summed E-state index contributed by atoms with van der Waals surface area (Å²) in [7, 11) is 0. The lowest BCUT2D eigenvalue weighted by molar-refractivity contribution is 0.000285. The van der Waals surface area contributed by atoms with E-state index in [0.717, 1.165) is 12.8 Å². The second-order valence-corrected chi connectivity index (χ2v) is 4.03. The molecule has 2 atom stereocenters. The molecule has 0 saturated heterocycles. The van der Waals surface area contributed by atoms with Gasteiger partial charge in [0.2, 0.25) is 5.89 Å². The predicted octanol–water partition coefficient (Wildman–Crippen LogP) is 1.16. The van der Waals surface area contributed by atoms with E-state index in [1.165, 1.54) is 12.8 Å². The van der Waals surface area contributed by atoms with Gasteiger partial charge in [0.25, 0.3) is 0 Å². The predicted molar refractivity (Wildman–Crippen MR) is 54.1 cm³/mol. The van der Waals surface area contributed by atoms with Crippen LogP contribution < -0.4 is 5.73 Å². The lowest BCUT2D eigenvalue weighted by Crippen LogP contribution is -2.39. The fourth-order valence-electron chi connectivity index (χ4n) is 1.91. The van der Waals surface area contributed by atoms with E-state index in [1.807, 2.05) is 0 Å². The summed E-state index contributed by atoms with van der Waals surface area (Å²) in [6.07, 6.45) is 4.65. The number of hydrogen-bond donors (Lipinski definition) is 1. The fraction of sp³-hybridized carbons (Fsp3) is 0.800. The van der Waals surface area contributed by atoms with Gasteiger partial charge < -0.3 is 15.0 Å². The Bertz CT molecular complexity index is 313. The molecular weight excluding hydrogens is 194 g/mol. The van der Waals surface area contributed by atoms with Gasteiger partial charge >= 0.3 is 0 Å². The molecule has 1 aliphatic carbocycles. The molecule has 0 amide bonds. The standard InChI is InChI=1S/C10H17N3O2/c1-7-12-10(13-15-7)6-14-9-5-3-2-4-8(9)11/h8-9H,2-6,11H2,1H3. The van der Waals surface area contributed by atoms with Gasteiger partial charge in [-0.1, -0.05) is 18.0 Å². The van der Waals surface area contributed by atoms with Crippen molar-refractivity contribution in [1.82, 2.24) is 10.1 Å². The summed E-state index contributed by atoms with van der Waals surface area (Å²) in [6.45, 7) is 2.17. The van der Waals surface area contributed by atoms with Gasteiger partial charge in [-0.15, -0.1) is 0 Å². The molecule has 1 aliphatic rings. The van der Waals surface area contributed by atoms with Gasteiger partial charge in [0.05, 0.1) is 6.10 Å². The molecule has 2 rings (SSSR count). The molecule has 0 aliphatic heterocycles. The summed E-state index contributed by atoms with van der Waals surface area (Å²) < 4.78 is 10.5. The van der Waals surface area contributed by atoms with Crippen LogP contribution in [0.25, 0.3) is 0 Å². The molecule has 5 nitrogen and oxygen atoms in total. The Morgan fingerprint density at radius 3 is 2.93 bits per heavy atom. The maximum absolute atomic E-state index is 5.96. The smallest absolute Gasteiger partial charge is 0.223 e. The van der Waals surface area contributed by atoms with Crippen molar-refractivity contribution >= 4 is 0 Å². The maximum Gasteiger partial charge on any atom is 0.223 e. The maximum atomic E-state index is 5.96. The zero-order chi connectivity index (χ0) is 10.7. The van der Waals surface area contributed by atoms with Crippen molar-refractivity contribution in [3.05, 3.63) is 11.7 Å². The van der Waals surface area contributed by atoms with E-state index in [9.17, 15) is 0 Å². The molecule has 1 aromatic rings. The molecule has 1 saturated carbocycles. The van der Waals surface area contributed by atoms with Crippen molar-refractivity contribution in [3.8, 4) is 0 Å². The van der Waals surface area contributed by atoms with E-state index in [0.29, 0.717) is 18.3 Å². The summed E-state index contributed by atoms with van der Waals surface area (Å²) in [5.74, 6) is 1.17. The molecule has 1 aromatic heterocycles. The van der Waals surface area contributed by atoms with Crippen molar-refractivity contribution in [2.45, 2.75) is 51.4 Å². The van der Waals surface area contributed by atoms with Gasteiger partial charge in [0.1, 0.15) is 6.61 Å². The lowest BCUT2D eigenvalue weighted by atomic mass is 9.93. The zero-order valence-corrected chi connectivity index (χ0v) is 8.98. The Hall–Kier alpha value is -0.940. The second-order valence-electron chi connectivity index (χ2n) is 4.03. The first kappa shape index (κ1) is 10.6. The third kappa shape index (κ3) is 2.76. The van der Waals surface area contributed by atoms with E-state index >= 15 is 0 Å². The highest BCUT2D eigenvalue weighted by Gasteiger charge is 2.22. The molecular formula is C10H17N3O2. The summed E-state index contributed by atoms with van der Waals surface area (Å²) in [4.78, 5) is 4.08. The molecule has 2 N–H and O–H groups in total. The molecule has 0 aromatic carbocycles. The van der Waals surface area contributed by atoms with Gasteiger partial charge in [-0.3, -0.25) is 0 Å².